The van der Waals surface area contributed by atoms with Crippen molar-refractivity contribution in [2.24, 2.45) is 0 Å². The highest BCUT2D eigenvalue weighted by Gasteiger charge is 2.36. The fourth-order valence-electron chi connectivity index (χ4n) is 2.63. The molecule has 1 unspecified atom stereocenters. The van der Waals surface area contributed by atoms with Crippen LogP contribution in [0, 0.1) is 11.3 Å². The first kappa shape index (κ1) is 17.0. The van der Waals surface area contributed by atoms with E-state index >= 15 is 0 Å². The predicted molar refractivity (Wildman–Crippen MR) is 91.2 cm³/mol. The Hall–Kier alpha value is -2.39. The summed E-state index contributed by atoms with van der Waals surface area (Å²) in [5.74, 6) is -0.365. The number of carbonyl (C=O) groups is 1. The second-order valence-electron chi connectivity index (χ2n) is 5.10. The number of nitrogens with one attached hydrogen (secondary N) is 1. The van der Waals surface area contributed by atoms with Gasteiger partial charge in [-0.1, -0.05) is 30.3 Å². The largest absolute Gasteiger partial charge is 0.463 e. The van der Waals surface area contributed by atoms with Gasteiger partial charge >= 0.3 is 5.97 Å². The molecule has 1 atom stereocenters. The Kier molecular flexibility index (Phi) is 5.72. The quantitative estimate of drug-likeness (QED) is 0.662. The summed E-state index contributed by atoms with van der Waals surface area (Å²) >= 11 is 5.42. The normalized spacial score (nSPS) is 17.5. The van der Waals surface area contributed by atoms with Gasteiger partial charge in [0.05, 0.1) is 30.7 Å². The van der Waals surface area contributed by atoms with Gasteiger partial charge in [0.25, 0.3) is 0 Å². The number of nitrogens with zero attached hydrogens (tertiary/aromatic N) is 2. The average Bonchev–Trinajstić information content (AvgIpc) is 2.54. The van der Waals surface area contributed by atoms with E-state index in [-0.39, 0.29) is 12.0 Å². The van der Waals surface area contributed by atoms with Gasteiger partial charge in [-0.05, 0) is 31.6 Å². The summed E-state index contributed by atoms with van der Waals surface area (Å²) < 4.78 is 5.22. The first-order valence-electron chi connectivity index (χ1n) is 7.47. The molecule has 0 aromatic heterocycles. The Labute approximate surface area is 141 Å². The third-order valence-corrected chi connectivity index (χ3v) is 3.96. The number of allylic oxidation sites excluding steroid dienone is 1. The third-order valence-electron chi connectivity index (χ3n) is 3.62. The van der Waals surface area contributed by atoms with Crippen molar-refractivity contribution in [2.75, 3.05) is 13.2 Å². The highest BCUT2D eigenvalue weighted by molar-refractivity contribution is 7.80. The van der Waals surface area contributed by atoms with E-state index in [2.05, 4.69) is 11.4 Å². The van der Waals surface area contributed by atoms with Crippen LogP contribution in [0.2, 0.25) is 0 Å². The minimum atomic E-state index is -0.365. The number of thiocarbonyl (C=S) groups is 1. The van der Waals surface area contributed by atoms with Gasteiger partial charge in [0.2, 0.25) is 0 Å². The van der Waals surface area contributed by atoms with Crippen LogP contribution in [0.25, 0.3) is 0 Å². The molecule has 0 saturated heterocycles. The van der Waals surface area contributed by atoms with Crippen molar-refractivity contribution in [3.05, 3.63) is 47.2 Å². The van der Waals surface area contributed by atoms with Crippen LogP contribution in [0.4, 0.5) is 0 Å². The van der Waals surface area contributed by atoms with Gasteiger partial charge in [-0.15, -0.1) is 0 Å². The van der Waals surface area contributed by atoms with Crippen LogP contribution in [0.15, 0.2) is 41.6 Å². The summed E-state index contributed by atoms with van der Waals surface area (Å²) in [7, 11) is 0. The lowest BCUT2D eigenvalue weighted by Crippen LogP contribution is -2.48. The lowest BCUT2D eigenvalue weighted by molar-refractivity contribution is -0.139. The van der Waals surface area contributed by atoms with Gasteiger partial charge < -0.3 is 15.0 Å². The molecule has 6 heteroatoms. The van der Waals surface area contributed by atoms with E-state index in [1.165, 1.54) is 0 Å². The summed E-state index contributed by atoms with van der Waals surface area (Å²) in [6, 6.07) is 11.4. The fourth-order valence-corrected chi connectivity index (χ4v) is 2.98. The molecule has 23 heavy (non-hydrogen) atoms. The van der Waals surface area contributed by atoms with Gasteiger partial charge in [0, 0.05) is 12.2 Å². The van der Waals surface area contributed by atoms with Crippen molar-refractivity contribution in [1.29, 1.82) is 5.26 Å². The smallest absolute Gasteiger partial charge is 0.338 e. The Morgan fingerprint density at radius 2 is 2.13 bits per heavy atom. The monoisotopic (exact) mass is 329 g/mol. The average molecular weight is 329 g/mol. The maximum atomic E-state index is 12.5. The molecule has 0 saturated carbocycles. The van der Waals surface area contributed by atoms with E-state index in [0.29, 0.717) is 36.0 Å². The van der Waals surface area contributed by atoms with E-state index in [1.807, 2.05) is 42.2 Å². The number of hydrogen-bond acceptors (Lipinski definition) is 4. The van der Waals surface area contributed by atoms with Crippen molar-refractivity contribution < 1.29 is 9.53 Å². The fraction of sp³-hybridized carbons (Fsp3) is 0.353. The van der Waals surface area contributed by atoms with Crippen molar-refractivity contribution in [3.8, 4) is 6.07 Å². The molecule has 0 aliphatic carbocycles. The molecule has 1 N–H and O–H groups in total. The number of ether oxygens (including phenoxy) is 1. The molecule has 1 heterocycles. The summed E-state index contributed by atoms with van der Waals surface area (Å²) in [5, 5.41) is 12.5. The third kappa shape index (κ3) is 3.69. The van der Waals surface area contributed by atoms with Crippen LogP contribution < -0.4 is 5.32 Å². The number of rotatable bonds is 5. The van der Waals surface area contributed by atoms with Crippen molar-refractivity contribution in [2.45, 2.75) is 26.3 Å². The molecule has 0 bridgehead atoms. The summed E-state index contributed by atoms with van der Waals surface area (Å²) in [5.41, 5.74) is 2.16. The first-order valence-corrected chi connectivity index (χ1v) is 7.88. The molecule has 1 aliphatic heterocycles. The molecular formula is C17H19N3O2S. The topological polar surface area (TPSA) is 65.4 Å². The van der Waals surface area contributed by atoms with Crippen LogP contribution in [0.5, 0.6) is 0 Å². The molecule has 120 valence electrons. The van der Waals surface area contributed by atoms with Crippen molar-refractivity contribution >= 4 is 23.3 Å². The molecule has 0 radical (unpaired) electrons. The molecular weight excluding hydrogens is 310 g/mol. The highest BCUT2D eigenvalue weighted by Crippen LogP contribution is 2.34. The second kappa shape index (κ2) is 7.75. The maximum absolute atomic E-state index is 12.5. The predicted octanol–water partition coefficient (Wildman–Crippen LogP) is 2.67. The number of hydrogen-bond donors (Lipinski definition) is 1. The van der Waals surface area contributed by atoms with Gasteiger partial charge in [-0.2, -0.15) is 5.26 Å². The zero-order valence-corrected chi connectivity index (χ0v) is 14.0. The van der Waals surface area contributed by atoms with E-state index in [1.54, 1.807) is 6.92 Å². The maximum Gasteiger partial charge on any atom is 0.338 e. The standard InChI is InChI=1S/C17H19N3O2S/c1-3-22-16(21)14-12(2)19-17(23)20(11-7-10-18)15(14)13-8-5-4-6-9-13/h4-6,8-9,15H,3,7,11H2,1-2H3,(H,19,23). The molecule has 1 aromatic rings. The SMILES string of the molecule is CCOC(=O)C1=C(C)NC(=S)N(CCC#N)C1c1ccccc1. The highest BCUT2D eigenvalue weighted by atomic mass is 32.1. The Morgan fingerprint density at radius 1 is 1.43 bits per heavy atom. The number of carbonyl (C=O) groups excluding carboxylic acids is 1. The zero-order chi connectivity index (χ0) is 16.8. The van der Waals surface area contributed by atoms with E-state index in [4.69, 9.17) is 22.2 Å². The van der Waals surface area contributed by atoms with E-state index < -0.39 is 0 Å². The van der Waals surface area contributed by atoms with Gasteiger partial charge in [0.1, 0.15) is 0 Å². The minimum Gasteiger partial charge on any atom is -0.463 e. The number of nitriles is 1. The second-order valence-corrected chi connectivity index (χ2v) is 5.49. The summed E-state index contributed by atoms with van der Waals surface area (Å²) in [6.45, 7) is 4.34. The van der Waals surface area contributed by atoms with Crippen LogP contribution in [0.1, 0.15) is 31.9 Å². The summed E-state index contributed by atoms with van der Waals surface area (Å²) in [6.07, 6.45) is 0.320. The lowest BCUT2D eigenvalue weighted by atomic mass is 9.94. The van der Waals surface area contributed by atoms with Crippen LogP contribution in [-0.2, 0) is 9.53 Å². The lowest BCUT2D eigenvalue weighted by Gasteiger charge is -2.39. The van der Waals surface area contributed by atoms with Crippen LogP contribution in [-0.4, -0.2) is 29.1 Å². The Balaban J connectivity index is 2.51. The van der Waals surface area contributed by atoms with Gasteiger partial charge in [0.15, 0.2) is 5.11 Å². The molecule has 2 rings (SSSR count). The summed E-state index contributed by atoms with van der Waals surface area (Å²) in [4.78, 5) is 14.3. The molecule has 0 amide bonds. The Morgan fingerprint density at radius 3 is 2.74 bits per heavy atom. The molecule has 1 aliphatic rings. The number of esters is 1. The number of benzene rings is 1. The molecule has 1 aromatic carbocycles. The van der Waals surface area contributed by atoms with Gasteiger partial charge in [-0.3, -0.25) is 0 Å². The zero-order valence-electron chi connectivity index (χ0n) is 13.2. The van der Waals surface area contributed by atoms with Crippen LogP contribution in [0.3, 0.4) is 0 Å². The molecule has 0 spiro atoms. The first-order chi connectivity index (χ1) is 11.1. The van der Waals surface area contributed by atoms with Crippen LogP contribution >= 0.6 is 12.2 Å². The minimum absolute atomic E-state index is 0.305. The van der Waals surface area contributed by atoms with Crippen molar-refractivity contribution in [3.63, 3.8) is 0 Å². The molecule has 5 nitrogen and oxygen atoms in total. The van der Waals surface area contributed by atoms with Gasteiger partial charge in [-0.25, -0.2) is 4.79 Å². The van der Waals surface area contributed by atoms with E-state index in [9.17, 15) is 4.79 Å². The Bertz CT molecular complexity index is 664. The van der Waals surface area contributed by atoms with Crippen molar-refractivity contribution in [1.82, 2.24) is 10.2 Å². The molecule has 0 fully saturated rings. The van der Waals surface area contributed by atoms with E-state index in [0.717, 1.165) is 5.56 Å².